The van der Waals surface area contributed by atoms with Gasteiger partial charge in [0, 0.05) is 6.42 Å². The molecule has 3 nitrogen and oxygen atoms in total. The van der Waals surface area contributed by atoms with Gasteiger partial charge in [0.15, 0.2) is 6.29 Å². The van der Waals surface area contributed by atoms with Crippen LogP contribution in [0.4, 0.5) is 0 Å². The predicted molar refractivity (Wildman–Crippen MR) is 50.4 cm³/mol. The zero-order chi connectivity index (χ0) is 10.1. The standard InChI is InChI=1S/C10H20O3/c1-7-5-9(12-8(7)6-11)13-10(2,3)4/h7-9,11H,5-6H2,1-4H3/t7-,8?,9+/m1/s1. The Hall–Kier alpha value is -0.120. The molecule has 0 spiro atoms. The van der Waals surface area contributed by atoms with Crippen LogP contribution in [0.5, 0.6) is 0 Å². The third-order valence-corrected chi connectivity index (χ3v) is 2.19. The van der Waals surface area contributed by atoms with E-state index in [1.165, 1.54) is 0 Å². The summed E-state index contributed by atoms with van der Waals surface area (Å²) in [5.74, 6) is 0.386. The largest absolute Gasteiger partial charge is 0.394 e. The lowest BCUT2D eigenvalue weighted by Gasteiger charge is -2.24. The molecule has 0 radical (unpaired) electrons. The average Bonchev–Trinajstić information content (AvgIpc) is 2.26. The minimum Gasteiger partial charge on any atom is -0.394 e. The molecule has 0 saturated carbocycles. The van der Waals surface area contributed by atoms with E-state index in [0.717, 1.165) is 6.42 Å². The van der Waals surface area contributed by atoms with Crippen LogP contribution in [-0.2, 0) is 9.47 Å². The van der Waals surface area contributed by atoms with Crippen LogP contribution in [-0.4, -0.2) is 29.7 Å². The maximum atomic E-state index is 8.97. The summed E-state index contributed by atoms with van der Waals surface area (Å²) >= 11 is 0. The maximum absolute atomic E-state index is 8.97. The van der Waals surface area contributed by atoms with Gasteiger partial charge in [-0.25, -0.2) is 0 Å². The van der Waals surface area contributed by atoms with E-state index in [1.807, 2.05) is 20.8 Å². The van der Waals surface area contributed by atoms with Crippen LogP contribution in [0, 0.1) is 5.92 Å². The molecule has 1 unspecified atom stereocenters. The Morgan fingerprint density at radius 1 is 1.46 bits per heavy atom. The Bertz CT molecular complexity index is 162. The molecule has 0 aromatic carbocycles. The van der Waals surface area contributed by atoms with E-state index < -0.39 is 0 Å². The van der Waals surface area contributed by atoms with Crippen LogP contribution in [0.15, 0.2) is 0 Å². The summed E-state index contributed by atoms with van der Waals surface area (Å²) in [4.78, 5) is 0. The summed E-state index contributed by atoms with van der Waals surface area (Å²) in [5, 5.41) is 8.97. The molecule has 1 aliphatic heterocycles. The maximum Gasteiger partial charge on any atom is 0.159 e. The second kappa shape index (κ2) is 3.95. The van der Waals surface area contributed by atoms with E-state index in [9.17, 15) is 0 Å². The first kappa shape index (κ1) is 11.0. The number of hydrogen-bond acceptors (Lipinski definition) is 3. The molecule has 0 aliphatic carbocycles. The fraction of sp³-hybridized carbons (Fsp3) is 1.00. The highest BCUT2D eigenvalue weighted by Gasteiger charge is 2.34. The molecule has 78 valence electrons. The van der Waals surface area contributed by atoms with Gasteiger partial charge >= 0.3 is 0 Å². The van der Waals surface area contributed by atoms with Crippen molar-refractivity contribution in [3.05, 3.63) is 0 Å². The van der Waals surface area contributed by atoms with Gasteiger partial charge in [0.05, 0.1) is 18.3 Å². The Labute approximate surface area is 80.0 Å². The van der Waals surface area contributed by atoms with Crippen LogP contribution in [0.1, 0.15) is 34.1 Å². The van der Waals surface area contributed by atoms with Crippen molar-refractivity contribution in [2.45, 2.75) is 52.1 Å². The average molecular weight is 188 g/mol. The van der Waals surface area contributed by atoms with Crippen LogP contribution in [0.2, 0.25) is 0 Å². The molecular formula is C10H20O3. The zero-order valence-corrected chi connectivity index (χ0v) is 8.91. The quantitative estimate of drug-likeness (QED) is 0.714. The number of aliphatic hydroxyl groups is 1. The van der Waals surface area contributed by atoms with Crippen LogP contribution in [0.25, 0.3) is 0 Å². The second-order valence-electron chi connectivity index (χ2n) is 4.73. The molecule has 1 N–H and O–H groups in total. The van der Waals surface area contributed by atoms with Crippen LogP contribution >= 0.6 is 0 Å². The molecule has 3 heteroatoms. The van der Waals surface area contributed by atoms with E-state index in [-0.39, 0.29) is 24.6 Å². The molecule has 0 aromatic heterocycles. The SMILES string of the molecule is C[C@@H]1C[C@H](OC(C)(C)C)OC1CO. The number of rotatable bonds is 2. The topological polar surface area (TPSA) is 38.7 Å². The van der Waals surface area contributed by atoms with E-state index in [0.29, 0.717) is 5.92 Å². The van der Waals surface area contributed by atoms with Gasteiger partial charge in [-0.05, 0) is 26.7 Å². The molecule has 0 amide bonds. The van der Waals surface area contributed by atoms with Gasteiger partial charge < -0.3 is 14.6 Å². The Morgan fingerprint density at radius 3 is 2.46 bits per heavy atom. The highest BCUT2D eigenvalue weighted by molar-refractivity contribution is 4.76. The third-order valence-electron chi connectivity index (χ3n) is 2.19. The first-order valence-electron chi connectivity index (χ1n) is 4.86. The molecule has 1 fully saturated rings. The van der Waals surface area contributed by atoms with Crippen molar-refractivity contribution in [1.82, 2.24) is 0 Å². The summed E-state index contributed by atoms with van der Waals surface area (Å²) in [5.41, 5.74) is -0.172. The molecule has 3 atom stereocenters. The minimum absolute atomic E-state index is 0.0488. The van der Waals surface area contributed by atoms with Gasteiger partial charge in [-0.1, -0.05) is 6.92 Å². The summed E-state index contributed by atoms with van der Waals surface area (Å²) < 4.78 is 11.2. The summed E-state index contributed by atoms with van der Waals surface area (Å²) in [7, 11) is 0. The van der Waals surface area contributed by atoms with Gasteiger partial charge in [0.1, 0.15) is 0 Å². The fourth-order valence-corrected chi connectivity index (χ4v) is 1.53. The monoisotopic (exact) mass is 188 g/mol. The molecule has 1 saturated heterocycles. The van der Waals surface area contributed by atoms with E-state index in [4.69, 9.17) is 14.6 Å². The Balaban J connectivity index is 2.40. The first-order chi connectivity index (χ1) is 5.92. The first-order valence-corrected chi connectivity index (χ1v) is 4.86. The second-order valence-corrected chi connectivity index (χ2v) is 4.73. The number of hydrogen-bond donors (Lipinski definition) is 1. The van der Waals surface area contributed by atoms with Crippen molar-refractivity contribution in [3.63, 3.8) is 0 Å². The number of aliphatic hydroxyl groups excluding tert-OH is 1. The highest BCUT2D eigenvalue weighted by Crippen LogP contribution is 2.29. The molecule has 1 heterocycles. The molecular weight excluding hydrogens is 168 g/mol. The molecule has 1 aliphatic rings. The lowest BCUT2D eigenvalue weighted by Crippen LogP contribution is -2.28. The van der Waals surface area contributed by atoms with E-state index >= 15 is 0 Å². The van der Waals surface area contributed by atoms with Crippen molar-refractivity contribution in [1.29, 1.82) is 0 Å². The summed E-state index contributed by atoms with van der Waals surface area (Å²) in [6.07, 6.45) is 0.683. The Kier molecular flexibility index (Phi) is 3.33. The van der Waals surface area contributed by atoms with Crippen LogP contribution < -0.4 is 0 Å². The van der Waals surface area contributed by atoms with Crippen molar-refractivity contribution >= 4 is 0 Å². The molecule has 0 bridgehead atoms. The van der Waals surface area contributed by atoms with E-state index in [2.05, 4.69) is 6.92 Å². The van der Waals surface area contributed by atoms with Gasteiger partial charge in [-0.3, -0.25) is 0 Å². The summed E-state index contributed by atoms with van der Waals surface area (Å²) in [6.45, 7) is 8.19. The predicted octanol–water partition coefficient (Wildman–Crippen LogP) is 1.54. The number of ether oxygens (including phenoxy) is 2. The van der Waals surface area contributed by atoms with Gasteiger partial charge in [-0.15, -0.1) is 0 Å². The molecule has 13 heavy (non-hydrogen) atoms. The van der Waals surface area contributed by atoms with E-state index in [1.54, 1.807) is 0 Å². The smallest absolute Gasteiger partial charge is 0.159 e. The molecule has 0 aromatic rings. The van der Waals surface area contributed by atoms with Crippen molar-refractivity contribution < 1.29 is 14.6 Å². The highest BCUT2D eigenvalue weighted by atomic mass is 16.7. The minimum atomic E-state index is -0.172. The van der Waals surface area contributed by atoms with Crippen LogP contribution in [0.3, 0.4) is 0 Å². The van der Waals surface area contributed by atoms with Crippen molar-refractivity contribution in [3.8, 4) is 0 Å². The lowest BCUT2D eigenvalue weighted by atomic mass is 10.0. The van der Waals surface area contributed by atoms with Crippen molar-refractivity contribution in [2.75, 3.05) is 6.61 Å². The molecule has 1 rings (SSSR count). The van der Waals surface area contributed by atoms with Gasteiger partial charge in [0.25, 0.3) is 0 Å². The zero-order valence-electron chi connectivity index (χ0n) is 8.91. The van der Waals surface area contributed by atoms with Gasteiger partial charge in [0.2, 0.25) is 0 Å². The third kappa shape index (κ3) is 3.25. The lowest BCUT2D eigenvalue weighted by molar-refractivity contribution is -0.190. The summed E-state index contributed by atoms with van der Waals surface area (Å²) in [6, 6.07) is 0. The van der Waals surface area contributed by atoms with Gasteiger partial charge in [-0.2, -0.15) is 0 Å². The normalized spacial score (nSPS) is 35.3. The van der Waals surface area contributed by atoms with Crippen molar-refractivity contribution in [2.24, 2.45) is 5.92 Å². The fourth-order valence-electron chi connectivity index (χ4n) is 1.53. The Morgan fingerprint density at radius 2 is 2.08 bits per heavy atom.